The Balaban J connectivity index is 3.90. The highest BCUT2D eigenvalue weighted by atomic mass is 31.1. The fraction of sp³-hybridized carbons (Fsp3) is 1.00. The van der Waals surface area contributed by atoms with Crippen LogP contribution in [0.15, 0.2) is 0 Å². The van der Waals surface area contributed by atoms with Gasteiger partial charge in [0.05, 0.1) is 6.10 Å². The Morgan fingerprint density at radius 2 is 1.79 bits per heavy atom. The molecular weight excluding hydrogens is 191 g/mol. The molecule has 0 saturated heterocycles. The molecule has 0 heterocycles. The van der Waals surface area contributed by atoms with Crippen LogP contribution < -0.4 is 0 Å². The summed E-state index contributed by atoms with van der Waals surface area (Å²) in [6.45, 7) is 13.6. The van der Waals surface area contributed by atoms with Gasteiger partial charge in [-0.2, -0.15) is 0 Å². The minimum atomic E-state index is -0.197. The summed E-state index contributed by atoms with van der Waals surface area (Å²) in [5.41, 5.74) is 0.410. The average molecular weight is 218 g/mol. The lowest BCUT2D eigenvalue weighted by atomic mass is 10.0. The molecule has 1 nitrogen and oxygen atoms in total. The van der Waals surface area contributed by atoms with Gasteiger partial charge >= 0.3 is 0 Å². The van der Waals surface area contributed by atoms with Gasteiger partial charge < -0.3 is 4.52 Å². The molecule has 0 aliphatic carbocycles. The molecule has 0 radical (unpaired) electrons. The van der Waals surface area contributed by atoms with Gasteiger partial charge in [-0.3, -0.25) is 0 Å². The van der Waals surface area contributed by atoms with Crippen molar-refractivity contribution < 1.29 is 4.52 Å². The quantitative estimate of drug-likeness (QED) is 0.589. The zero-order valence-corrected chi connectivity index (χ0v) is 11.7. The summed E-state index contributed by atoms with van der Waals surface area (Å²) >= 11 is 0. The van der Waals surface area contributed by atoms with Gasteiger partial charge in [-0.25, -0.2) is 0 Å². The van der Waals surface area contributed by atoms with Crippen molar-refractivity contribution in [2.24, 2.45) is 5.41 Å². The fourth-order valence-electron chi connectivity index (χ4n) is 1.47. The normalized spacial score (nSPS) is 16.7. The molecule has 0 aromatic heterocycles. The van der Waals surface area contributed by atoms with Crippen molar-refractivity contribution in [3.8, 4) is 0 Å². The largest absolute Gasteiger partial charge is 0.356 e. The third-order valence-corrected chi connectivity index (χ3v) is 4.69. The van der Waals surface area contributed by atoms with E-state index in [-0.39, 0.29) is 8.15 Å². The van der Waals surface area contributed by atoms with Gasteiger partial charge in [0, 0.05) is 8.15 Å². The van der Waals surface area contributed by atoms with Crippen LogP contribution in [0.2, 0.25) is 0 Å². The van der Waals surface area contributed by atoms with Crippen molar-refractivity contribution in [2.45, 2.75) is 60.5 Å². The molecular formula is C12H27OP. The first-order chi connectivity index (χ1) is 6.39. The third-order valence-electron chi connectivity index (χ3n) is 2.03. The predicted octanol–water partition coefficient (Wildman–Crippen LogP) is 4.65. The maximum Gasteiger partial charge on any atom is 0.0589 e. The lowest BCUT2D eigenvalue weighted by Gasteiger charge is -2.27. The van der Waals surface area contributed by atoms with Crippen LogP contribution in [0.5, 0.6) is 0 Å². The maximum atomic E-state index is 6.08. The molecule has 0 bridgehead atoms. The monoisotopic (exact) mass is 218 g/mol. The molecule has 0 saturated carbocycles. The van der Waals surface area contributed by atoms with E-state index in [1.165, 1.54) is 25.2 Å². The summed E-state index contributed by atoms with van der Waals surface area (Å²) in [6, 6.07) is 0. The van der Waals surface area contributed by atoms with Gasteiger partial charge in [0.2, 0.25) is 0 Å². The van der Waals surface area contributed by atoms with E-state index < -0.39 is 0 Å². The minimum absolute atomic E-state index is 0.197. The van der Waals surface area contributed by atoms with Crippen LogP contribution in [-0.4, -0.2) is 18.4 Å². The van der Waals surface area contributed by atoms with E-state index in [9.17, 15) is 0 Å². The first-order valence-corrected chi connectivity index (χ1v) is 7.43. The van der Waals surface area contributed by atoms with Crippen LogP contribution >= 0.6 is 8.15 Å². The molecule has 0 fully saturated rings. The van der Waals surface area contributed by atoms with E-state index >= 15 is 0 Å². The van der Waals surface area contributed by atoms with Gasteiger partial charge in [-0.05, 0) is 31.1 Å². The van der Waals surface area contributed by atoms with Crippen LogP contribution in [0.25, 0.3) is 0 Å². The van der Waals surface area contributed by atoms with E-state index in [1.807, 2.05) is 0 Å². The van der Waals surface area contributed by atoms with Crippen LogP contribution in [0, 0.1) is 5.41 Å². The highest BCUT2D eigenvalue weighted by molar-refractivity contribution is 7.52. The lowest BCUT2D eigenvalue weighted by Crippen LogP contribution is -2.14. The topological polar surface area (TPSA) is 9.23 Å². The summed E-state index contributed by atoms with van der Waals surface area (Å²) < 4.78 is 6.08. The summed E-state index contributed by atoms with van der Waals surface area (Å²) in [7, 11) is -0.197. The van der Waals surface area contributed by atoms with Gasteiger partial charge in [0.15, 0.2) is 0 Å². The molecule has 0 amide bonds. The van der Waals surface area contributed by atoms with E-state index in [0.717, 1.165) is 0 Å². The fourth-order valence-corrected chi connectivity index (χ4v) is 3.59. The Kier molecular flexibility index (Phi) is 6.99. The lowest BCUT2D eigenvalue weighted by molar-refractivity contribution is 0.230. The van der Waals surface area contributed by atoms with Crippen molar-refractivity contribution in [3.63, 3.8) is 0 Å². The molecule has 2 heteroatoms. The molecule has 0 aromatic rings. The van der Waals surface area contributed by atoms with E-state index in [0.29, 0.717) is 11.5 Å². The van der Waals surface area contributed by atoms with E-state index in [1.54, 1.807) is 0 Å². The van der Waals surface area contributed by atoms with Crippen LogP contribution in [0.4, 0.5) is 0 Å². The third kappa shape index (κ3) is 7.76. The number of rotatable bonds is 6. The molecule has 14 heavy (non-hydrogen) atoms. The SMILES string of the molecule is CCCC(C)OP(CC)CC(C)(C)C. The van der Waals surface area contributed by atoms with Gasteiger partial charge in [0.1, 0.15) is 0 Å². The smallest absolute Gasteiger partial charge is 0.0589 e. The highest BCUT2D eigenvalue weighted by Crippen LogP contribution is 2.43. The second-order valence-electron chi connectivity index (χ2n) is 5.22. The second kappa shape index (κ2) is 6.80. The first-order valence-electron chi connectivity index (χ1n) is 5.80. The number of hydrogen-bond donors (Lipinski definition) is 0. The highest BCUT2D eigenvalue weighted by Gasteiger charge is 2.19. The summed E-state index contributed by atoms with van der Waals surface area (Å²) in [5.74, 6) is 0. The molecule has 86 valence electrons. The summed E-state index contributed by atoms with van der Waals surface area (Å²) in [6.07, 6.45) is 5.30. The molecule has 0 aromatic carbocycles. The minimum Gasteiger partial charge on any atom is -0.356 e. The second-order valence-corrected chi connectivity index (χ2v) is 7.34. The zero-order valence-electron chi connectivity index (χ0n) is 10.8. The van der Waals surface area contributed by atoms with Crippen molar-refractivity contribution >= 4 is 8.15 Å². The van der Waals surface area contributed by atoms with E-state index in [4.69, 9.17) is 4.52 Å². The Hall–Kier alpha value is 0.390. The van der Waals surface area contributed by atoms with Crippen molar-refractivity contribution in [1.29, 1.82) is 0 Å². The molecule has 0 rings (SSSR count). The maximum absolute atomic E-state index is 6.08. The molecule has 0 aliphatic rings. The number of hydrogen-bond acceptors (Lipinski definition) is 1. The summed E-state index contributed by atoms with van der Waals surface area (Å²) in [4.78, 5) is 0. The Labute approximate surface area is 91.5 Å². The first kappa shape index (κ1) is 14.4. The standard InChI is InChI=1S/C12H27OP/c1-7-9-11(3)13-14(8-2)10-12(4,5)6/h11H,7-10H2,1-6H3. The molecule has 0 spiro atoms. The van der Waals surface area contributed by atoms with Gasteiger partial charge in [-0.1, -0.05) is 41.0 Å². The van der Waals surface area contributed by atoms with E-state index in [2.05, 4.69) is 41.5 Å². The molecule has 0 N–H and O–H groups in total. The van der Waals surface area contributed by atoms with Crippen LogP contribution in [-0.2, 0) is 4.52 Å². The molecule has 0 aliphatic heterocycles. The van der Waals surface area contributed by atoms with Crippen molar-refractivity contribution in [2.75, 3.05) is 12.3 Å². The zero-order chi connectivity index (χ0) is 11.2. The van der Waals surface area contributed by atoms with Crippen molar-refractivity contribution in [1.82, 2.24) is 0 Å². The van der Waals surface area contributed by atoms with Gasteiger partial charge in [0.25, 0.3) is 0 Å². The van der Waals surface area contributed by atoms with Crippen LogP contribution in [0.3, 0.4) is 0 Å². The molecule has 2 atom stereocenters. The summed E-state index contributed by atoms with van der Waals surface area (Å²) in [5, 5.41) is 0. The van der Waals surface area contributed by atoms with Crippen LogP contribution in [0.1, 0.15) is 54.4 Å². The van der Waals surface area contributed by atoms with Gasteiger partial charge in [-0.15, -0.1) is 0 Å². The van der Waals surface area contributed by atoms with Crippen molar-refractivity contribution in [3.05, 3.63) is 0 Å². The Morgan fingerprint density at radius 1 is 1.21 bits per heavy atom. The average Bonchev–Trinajstić information content (AvgIpc) is 2.01. The predicted molar refractivity (Wildman–Crippen MR) is 67.2 cm³/mol. The molecule has 2 unspecified atom stereocenters. The Morgan fingerprint density at radius 3 is 2.14 bits per heavy atom. The Bertz CT molecular complexity index is 140.